The summed E-state index contributed by atoms with van der Waals surface area (Å²) in [4.78, 5) is 27.9. The first-order chi connectivity index (χ1) is 12.4. The first kappa shape index (κ1) is 18.5. The van der Waals surface area contributed by atoms with Gasteiger partial charge in [0.15, 0.2) is 0 Å². The van der Waals surface area contributed by atoms with Gasteiger partial charge in [-0.2, -0.15) is 0 Å². The van der Waals surface area contributed by atoms with E-state index < -0.39 is 11.9 Å². The topological polar surface area (TPSA) is 72.9 Å². The maximum atomic E-state index is 12.6. The molecule has 0 saturated carbocycles. The first-order valence-electron chi connectivity index (χ1n) is 9.56. The molecule has 2 saturated heterocycles. The highest BCUT2D eigenvalue weighted by Crippen LogP contribution is 2.26. The number of likely N-dealkylation sites (tertiary alicyclic amines) is 1. The summed E-state index contributed by atoms with van der Waals surface area (Å²) in [6.45, 7) is 7.24. The zero-order chi connectivity index (χ0) is 18.7. The Morgan fingerprint density at radius 1 is 1.12 bits per heavy atom. The molecule has 26 heavy (non-hydrogen) atoms. The van der Waals surface area contributed by atoms with Crippen LogP contribution in [0.15, 0.2) is 24.3 Å². The molecular formula is C20H29N3O3. The van der Waals surface area contributed by atoms with E-state index in [-0.39, 0.29) is 18.5 Å². The molecule has 2 N–H and O–H groups in total. The average Bonchev–Trinajstić information content (AvgIpc) is 2.62. The van der Waals surface area contributed by atoms with Gasteiger partial charge in [-0.05, 0) is 49.3 Å². The SMILES string of the molecule is CC1CCN(c2cccc(NC(=O)N3CC(C)CC(C(=O)O)C3)c2)CC1. The first-order valence-corrected chi connectivity index (χ1v) is 9.56. The van der Waals surface area contributed by atoms with Crippen molar-refractivity contribution in [3.05, 3.63) is 24.3 Å². The molecule has 2 unspecified atom stereocenters. The molecule has 0 bridgehead atoms. The zero-order valence-corrected chi connectivity index (χ0v) is 15.6. The third kappa shape index (κ3) is 4.48. The number of carboxylic acid groups (broad SMARTS) is 1. The van der Waals surface area contributed by atoms with Crippen LogP contribution in [0, 0.1) is 17.8 Å². The van der Waals surface area contributed by atoms with Crippen LogP contribution in [-0.4, -0.2) is 48.2 Å². The van der Waals surface area contributed by atoms with Gasteiger partial charge in [-0.1, -0.05) is 19.9 Å². The van der Waals surface area contributed by atoms with Gasteiger partial charge in [-0.25, -0.2) is 4.79 Å². The number of benzene rings is 1. The van der Waals surface area contributed by atoms with Gasteiger partial charge in [0, 0.05) is 37.6 Å². The third-order valence-corrected chi connectivity index (χ3v) is 5.54. The Labute approximate surface area is 155 Å². The fourth-order valence-corrected chi connectivity index (χ4v) is 3.95. The monoisotopic (exact) mass is 359 g/mol. The number of carboxylic acids is 1. The highest BCUT2D eigenvalue weighted by atomic mass is 16.4. The summed E-state index contributed by atoms with van der Waals surface area (Å²) in [6.07, 6.45) is 3.01. The summed E-state index contributed by atoms with van der Waals surface area (Å²) in [5, 5.41) is 12.2. The lowest BCUT2D eigenvalue weighted by Gasteiger charge is -2.35. The molecule has 2 fully saturated rings. The van der Waals surface area contributed by atoms with E-state index in [1.807, 2.05) is 25.1 Å². The molecule has 6 nitrogen and oxygen atoms in total. The molecule has 0 aliphatic carbocycles. The van der Waals surface area contributed by atoms with Crippen molar-refractivity contribution in [2.75, 3.05) is 36.4 Å². The molecule has 2 atom stereocenters. The summed E-state index contributed by atoms with van der Waals surface area (Å²) in [5.74, 6) is -0.337. The molecule has 1 aromatic carbocycles. The Bertz CT molecular complexity index is 655. The maximum Gasteiger partial charge on any atom is 0.321 e. The van der Waals surface area contributed by atoms with E-state index in [9.17, 15) is 14.7 Å². The number of amides is 2. The molecule has 3 rings (SSSR count). The summed E-state index contributed by atoms with van der Waals surface area (Å²) in [5.41, 5.74) is 1.89. The van der Waals surface area contributed by atoms with Crippen LogP contribution in [0.3, 0.4) is 0 Å². The summed E-state index contributed by atoms with van der Waals surface area (Å²) in [7, 11) is 0. The van der Waals surface area contributed by atoms with Crippen LogP contribution >= 0.6 is 0 Å². The molecule has 2 heterocycles. The summed E-state index contributed by atoms with van der Waals surface area (Å²) < 4.78 is 0. The van der Waals surface area contributed by atoms with Crippen LogP contribution in [0.4, 0.5) is 16.2 Å². The zero-order valence-electron chi connectivity index (χ0n) is 15.6. The molecule has 2 aliphatic rings. The lowest BCUT2D eigenvalue weighted by atomic mass is 9.91. The number of aliphatic carboxylic acids is 1. The van der Waals surface area contributed by atoms with Gasteiger partial charge < -0.3 is 20.2 Å². The highest BCUT2D eigenvalue weighted by molar-refractivity contribution is 5.90. The van der Waals surface area contributed by atoms with E-state index in [2.05, 4.69) is 23.2 Å². The Kier molecular flexibility index (Phi) is 5.69. The second-order valence-corrected chi connectivity index (χ2v) is 7.93. The number of hydrogen-bond donors (Lipinski definition) is 2. The molecule has 0 spiro atoms. The van der Waals surface area contributed by atoms with Gasteiger partial charge in [0.1, 0.15) is 0 Å². The minimum atomic E-state index is -0.823. The van der Waals surface area contributed by atoms with Gasteiger partial charge >= 0.3 is 12.0 Å². The normalized spacial score (nSPS) is 24.4. The smallest absolute Gasteiger partial charge is 0.321 e. The Balaban J connectivity index is 1.64. The maximum absolute atomic E-state index is 12.6. The van der Waals surface area contributed by atoms with Crippen molar-refractivity contribution in [2.45, 2.75) is 33.1 Å². The molecule has 2 aliphatic heterocycles. The van der Waals surface area contributed by atoms with Gasteiger partial charge in [0.05, 0.1) is 5.92 Å². The molecule has 6 heteroatoms. The van der Waals surface area contributed by atoms with Crippen LogP contribution in [0.1, 0.15) is 33.1 Å². The fourth-order valence-electron chi connectivity index (χ4n) is 3.95. The summed E-state index contributed by atoms with van der Waals surface area (Å²) >= 11 is 0. The van der Waals surface area contributed by atoms with Crippen molar-refractivity contribution < 1.29 is 14.7 Å². The highest BCUT2D eigenvalue weighted by Gasteiger charge is 2.32. The van der Waals surface area contributed by atoms with E-state index in [1.165, 1.54) is 12.8 Å². The van der Waals surface area contributed by atoms with Crippen molar-refractivity contribution in [1.82, 2.24) is 4.90 Å². The molecule has 0 aromatic heterocycles. The standard InChI is InChI=1S/C20H29N3O3/c1-14-6-8-22(9-7-14)18-5-3-4-17(11-18)21-20(26)23-12-15(2)10-16(13-23)19(24)25/h3-5,11,14-16H,6-10,12-13H2,1-2H3,(H,21,26)(H,24,25). The Hall–Kier alpha value is -2.24. The molecule has 2 amide bonds. The van der Waals surface area contributed by atoms with E-state index in [0.717, 1.165) is 30.4 Å². The van der Waals surface area contributed by atoms with Crippen molar-refractivity contribution in [2.24, 2.45) is 17.8 Å². The lowest BCUT2D eigenvalue weighted by molar-refractivity contribution is -0.143. The van der Waals surface area contributed by atoms with E-state index in [0.29, 0.717) is 13.0 Å². The molecule has 1 aromatic rings. The van der Waals surface area contributed by atoms with Gasteiger partial charge in [-0.3, -0.25) is 4.79 Å². The number of hydrogen-bond acceptors (Lipinski definition) is 3. The average molecular weight is 359 g/mol. The second-order valence-electron chi connectivity index (χ2n) is 7.93. The number of nitrogens with one attached hydrogen (secondary N) is 1. The van der Waals surface area contributed by atoms with Crippen molar-refractivity contribution in [3.8, 4) is 0 Å². The van der Waals surface area contributed by atoms with Gasteiger partial charge in [-0.15, -0.1) is 0 Å². The van der Waals surface area contributed by atoms with Gasteiger partial charge in [0.25, 0.3) is 0 Å². The quantitative estimate of drug-likeness (QED) is 0.866. The van der Waals surface area contributed by atoms with Crippen LogP contribution < -0.4 is 10.2 Å². The number of nitrogens with zero attached hydrogens (tertiary/aromatic N) is 2. The predicted molar refractivity (Wildman–Crippen MR) is 103 cm³/mol. The van der Waals surface area contributed by atoms with Crippen LogP contribution in [0.25, 0.3) is 0 Å². The predicted octanol–water partition coefficient (Wildman–Crippen LogP) is 3.50. The van der Waals surface area contributed by atoms with E-state index in [1.54, 1.807) is 4.90 Å². The number of piperidine rings is 2. The van der Waals surface area contributed by atoms with Crippen LogP contribution in [0.5, 0.6) is 0 Å². The van der Waals surface area contributed by atoms with Gasteiger partial charge in [0.2, 0.25) is 0 Å². The number of rotatable bonds is 3. The van der Waals surface area contributed by atoms with E-state index in [4.69, 9.17) is 0 Å². The Morgan fingerprint density at radius 2 is 1.85 bits per heavy atom. The minimum absolute atomic E-state index is 0.192. The minimum Gasteiger partial charge on any atom is -0.481 e. The number of urea groups is 1. The van der Waals surface area contributed by atoms with Crippen molar-refractivity contribution in [3.63, 3.8) is 0 Å². The largest absolute Gasteiger partial charge is 0.481 e. The lowest BCUT2D eigenvalue weighted by Crippen LogP contribution is -2.47. The summed E-state index contributed by atoms with van der Waals surface area (Å²) in [6, 6.07) is 7.72. The van der Waals surface area contributed by atoms with E-state index >= 15 is 0 Å². The molecular weight excluding hydrogens is 330 g/mol. The molecule has 142 valence electrons. The second kappa shape index (κ2) is 7.98. The number of anilines is 2. The number of carbonyl (C=O) groups excluding carboxylic acids is 1. The third-order valence-electron chi connectivity index (χ3n) is 5.54. The Morgan fingerprint density at radius 3 is 2.54 bits per heavy atom. The van der Waals surface area contributed by atoms with Crippen LogP contribution in [0.2, 0.25) is 0 Å². The number of carbonyl (C=O) groups is 2. The van der Waals surface area contributed by atoms with Crippen LogP contribution in [-0.2, 0) is 4.79 Å². The molecule has 0 radical (unpaired) electrons. The van der Waals surface area contributed by atoms with Crippen molar-refractivity contribution >= 4 is 23.4 Å². The van der Waals surface area contributed by atoms with Crippen molar-refractivity contribution in [1.29, 1.82) is 0 Å². The fraction of sp³-hybridized carbons (Fsp3) is 0.600.